The van der Waals surface area contributed by atoms with Crippen molar-refractivity contribution in [3.8, 4) is 17.2 Å². The van der Waals surface area contributed by atoms with Crippen LogP contribution in [0.4, 0.5) is 0 Å². The molecule has 0 spiro atoms. The van der Waals surface area contributed by atoms with Gasteiger partial charge in [0.15, 0.2) is 17.3 Å². The van der Waals surface area contributed by atoms with Crippen LogP contribution < -0.4 is 10.1 Å². The molecule has 3 aromatic rings. The number of para-hydroxylation sites is 2. The molecule has 190 valence electrons. The first-order valence-corrected chi connectivity index (χ1v) is 11.9. The number of ether oxygens (including phenoxy) is 1. The largest absolute Gasteiger partial charge is 0.507 e. The van der Waals surface area contributed by atoms with E-state index in [1.54, 1.807) is 13.8 Å². The van der Waals surface area contributed by atoms with Gasteiger partial charge in [0.1, 0.15) is 39.8 Å². The van der Waals surface area contributed by atoms with Crippen LogP contribution in [0, 0.1) is 6.92 Å². The summed E-state index contributed by atoms with van der Waals surface area (Å²) < 4.78 is 7.80. The number of benzene rings is 2. The van der Waals surface area contributed by atoms with Crippen molar-refractivity contribution in [1.82, 2.24) is 14.9 Å². The number of Topliss-reactive ketones (excluding diaryl/α,β-unsaturated/α-hetero) is 2. The summed E-state index contributed by atoms with van der Waals surface area (Å²) in [6.45, 7) is 6.34. The summed E-state index contributed by atoms with van der Waals surface area (Å²) in [5.74, 6) is -1.59. The zero-order valence-electron chi connectivity index (χ0n) is 21.2. The van der Waals surface area contributed by atoms with Crippen LogP contribution in [0.5, 0.6) is 17.2 Å². The highest BCUT2D eigenvalue weighted by atomic mass is 16.5. The Labute approximate surface area is 213 Å². The number of carbonyl (C=O) groups excluding carboxylic acids is 3. The third kappa shape index (κ3) is 3.37. The fourth-order valence-electron chi connectivity index (χ4n) is 5.23. The van der Waals surface area contributed by atoms with Gasteiger partial charge in [-0.25, -0.2) is 4.98 Å². The molecular formula is C28H27N3O6. The number of nitrogens with one attached hydrogen (secondary N) is 1. The average molecular weight is 502 g/mol. The summed E-state index contributed by atoms with van der Waals surface area (Å²) in [4.78, 5) is 43.9. The third-order valence-corrected chi connectivity index (χ3v) is 7.38. The molecule has 1 unspecified atom stereocenters. The minimum absolute atomic E-state index is 0.0107. The van der Waals surface area contributed by atoms with Crippen LogP contribution in [0.1, 0.15) is 48.1 Å². The number of fused-ring (bicyclic) bond motifs is 4. The van der Waals surface area contributed by atoms with Gasteiger partial charge in [-0.2, -0.15) is 0 Å². The molecule has 2 aliphatic rings. The van der Waals surface area contributed by atoms with Gasteiger partial charge in [-0.05, 0) is 39.8 Å². The van der Waals surface area contributed by atoms with Crippen molar-refractivity contribution in [2.45, 2.75) is 39.5 Å². The molecule has 5 rings (SSSR count). The Hall–Kier alpha value is -4.40. The SMILES string of the molecule is CC(=O)c1c(O)c(C)c(O)c2c1OC1=CC(=O)C(=C(C)NCCc3nc4ccccc4n3C)C(=O)C12C. The van der Waals surface area contributed by atoms with E-state index in [1.807, 2.05) is 35.9 Å². The minimum Gasteiger partial charge on any atom is -0.507 e. The molecule has 0 radical (unpaired) electrons. The summed E-state index contributed by atoms with van der Waals surface area (Å²) in [6, 6.07) is 7.82. The predicted molar refractivity (Wildman–Crippen MR) is 136 cm³/mol. The van der Waals surface area contributed by atoms with Crippen LogP contribution in [-0.4, -0.2) is 43.7 Å². The van der Waals surface area contributed by atoms with E-state index < -0.39 is 28.5 Å². The number of imidazole rings is 1. The number of carbonyl (C=O) groups is 3. The number of phenols is 2. The normalized spacial score (nSPS) is 19.9. The maximum atomic E-state index is 13.9. The summed E-state index contributed by atoms with van der Waals surface area (Å²) in [6.07, 6.45) is 1.77. The van der Waals surface area contributed by atoms with Gasteiger partial charge in [-0.15, -0.1) is 0 Å². The van der Waals surface area contributed by atoms with Gasteiger partial charge >= 0.3 is 0 Å². The minimum atomic E-state index is -1.54. The molecule has 0 saturated heterocycles. The van der Waals surface area contributed by atoms with E-state index in [4.69, 9.17) is 4.74 Å². The van der Waals surface area contributed by atoms with Crippen LogP contribution >= 0.6 is 0 Å². The summed E-state index contributed by atoms with van der Waals surface area (Å²) in [5.41, 5.74) is 0.703. The lowest BCUT2D eigenvalue weighted by Gasteiger charge is -2.29. The van der Waals surface area contributed by atoms with Gasteiger partial charge in [-0.3, -0.25) is 14.4 Å². The highest BCUT2D eigenvalue weighted by Crippen LogP contribution is 2.57. The monoisotopic (exact) mass is 501 g/mol. The van der Waals surface area contributed by atoms with Crippen LogP contribution in [0.25, 0.3) is 11.0 Å². The Kier molecular flexibility index (Phi) is 5.47. The van der Waals surface area contributed by atoms with Gasteiger partial charge in [0.25, 0.3) is 0 Å². The highest BCUT2D eigenvalue weighted by Gasteiger charge is 2.56. The number of rotatable bonds is 5. The Morgan fingerprint density at radius 3 is 2.54 bits per heavy atom. The van der Waals surface area contributed by atoms with Crippen molar-refractivity contribution >= 4 is 28.4 Å². The van der Waals surface area contributed by atoms with Gasteiger partial charge in [-0.1, -0.05) is 12.1 Å². The number of aromatic nitrogens is 2. The smallest absolute Gasteiger partial charge is 0.194 e. The molecule has 1 aromatic heterocycles. The molecule has 0 bridgehead atoms. The van der Waals surface area contributed by atoms with E-state index in [0.29, 0.717) is 18.7 Å². The molecule has 0 saturated carbocycles. The van der Waals surface area contributed by atoms with Crippen molar-refractivity contribution in [2.24, 2.45) is 7.05 Å². The number of aromatic hydroxyl groups is 2. The van der Waals surface area contributed by atoms with Gasteiger partial charge in [0.05, 0.1) is 22.2 Å². The molecule has 1 aliphatic carbocycles. The Morgan fingerprint density at radius 1 is 1.16 bits per heavy atom. The lowest BCUT2D eigenvalue weighted by molar-refractivity contribution is -0.123. The zero-order valence-corrected chi connectivity index (χ0v) is 21.2. The maximum Gasteiger partial charge on any atom is 0.194 e. The number of nitrogens with zero attached hydrogens (tertiary/aromatic N) is 2. The molecule has 37 heavy (non-hydrogen) atoms. The second kappa shape index (κ2) is 8.33. The predicted octanol–water partition coefficient (Wildman–Crippen LogP) is 3.29. The summed E-state index contributed by atoms with van der Waals surface area (Å²) >= 11 is 0. The van der Waals surface area contributed by atoms with Crippen LogP contribution in [0.15, 0.2) is 47.4 Å². The van der Waals surface area contributed by atoms with Gasteiger partial charge in [0, 0.05) is 37.3 Å². The third-order valence-electron chi connectivity index (χ3n) is 7.38. The first-order chi connectivity index (χ1) is 17.5. The van der Waals surface area contributed by atoms with Crippen LogP contribution in [0.2, 0.25) is 0 Å². The highest BCUT2D eigenvalue weighted by molar-refractivity contribution is 6.31. The van der Waals surface area contributed by atoms with Gasteiger partial charge < -0.3 is 24.8 Å². The first kappa shape index (κ1) is 24.3. The van der Waals surface area contributed by atoms with E-state index in [0.717, 1.165) is 16.9 Å². The first-order valence-electron chi connectivity index (χ1n) is 11.9. The fraction of sp³-hybridized carbons (Fsp3) is 0.286. The number of ketones is 3. The standard InChI is InChI=1S/C28H27N3O6/c1-13-24(34)22(15(3)32)26-23(25(13)35)28(4)19(37-26)12-18(33)21(27(28)36)14(2)29-11-10-20-30-16-8-6-7-9-17(16)31(20)5/h6-9,12,29,34-35H,10-11H2,1-5H3. The Morgan fingerprint density at radius 2 is 1.86 bits per heavy atom. The molecule has 2 heterocycles. The van der Waals surface area contributed by atoms with E-state index in [1.165, 1.54) is 19.9 Å². The second-order valence-electron chi connectivity index (χ2n) is 9.64. The lowest BCUT2D eigenvalue weighted by atomic mass is 9.70. The van der Waals surface area contributed by atoms with Gasteiger partial charge in [0.2, 0.25) is 0 Å². The zero-order chi connectivity index (χ0) is 26.8. The Bertz CT molecular complexity index is 1610. The Balaban J connectivity index is 1.50. The second-order valence-corrected chi connectivity index (χ2v) is 9.64. The fourth-order valence-corrected chi connectivity index (χ4v) is 5.23. The number of aryl methyl sites for hydroxylation is 1. The van der Waals surface area contributed by atoms with Crippen LogP contribution in [-0.2, 0) is 28.5 Å². The topological polar surface area (TPSA) is 131 Å². The molecule has 9 heteroatoms. The molecule has 0 fully saturated rings. The van der Waals surface area contributed by atoms with E-state index in [-0.39, 0.29) is 39.5 Å². The molecule has 2 aromatic carbocycles. The van der Waals surface area contributed by atoms with Crippen molar-refractivity contribution in [1.29, 1.82) is 0 Å². The average Bonchev–Trinajstić information content (AvgIpc) is 3.32. The number of hydrogen-bond acceptors (Lipinski definition) is 8. The molecule has 1 aliphatic heterocycles. The van der Waals surface area contributed by atoms with Crippen molar-refractivity contribution < 1.29 is 29.3 Å². The van der Waals surface area contributed by atoms with E-state index in [2.05, 4.69) is 10.3 Å². The van der Waals surface area contributed by atoms with E-state index >= 15 is 0 Å². The molecule has 1 atom stereocenters. The maximum absolute atomic E-state index is 13.9. The molecule has 0 amide bonds. The number of phenolic OH excluding ortho intramolecular Hbond substituents is 2. The lowest BCUT2D eigenvalue weighted by Crippen LogP contribution is -2.41. The number of hydrogen-bond donors (Lipinski definition) is 3. The molecule has 9 nitrogen and oxygen atoms in total. The summed E-state index contributed by atoms with van der Waals surface area (Å²) in [5, 5.41) is 24.6. The van der Waals surface area contributed by atoms with Crippen molar-refractivity contribution in [3.63, 3.8) is 0 Å². The quantitative estimate of drug-likeness (QED) is 0.276. The van der Waals surface area contributed by atoms with E-state index in [9.17, 15) is 24.6 Å². The van der Waals surface area contributed by atoms with Crippen molar-refractivity contribution in [3.05, 3.63) is 69.9 Å². The molecule has 3 N–H and O–H groups in total. The van der Waals surface area contributed by atoms with Crippen LogP contribution in [0.3, 0.4) is 0 Å². The summed E-state index contributed by atoms with van der Waals surface area (Å²) in [7, 11) is 1.94. The number of allylic oxidation sites excluding steroid dienone is 4. The van der Waals surface area contributed by atoms with Crippen molar-refractivity contribution in [2.75, 3.05) is 6.54 Å². The molecular weight excluding hydrogens is 474 g/mol.